The van der Waals surface area contributed by atoms with Gasteiger partial charge in [0.15, 0.2) is 5.58 Å². The molecule has 2 fully saturated rings. The minimum Gasteiger partial charge on any atom is -0.408 e. The van der Waals surface area contributed by atoms with E-state index in [4.69, 9.17) is 9.15 Å². The first-order valence-electron chi connectivity index (χ1n) is 8.36. The molecule has 3 heterocycles. The highest BCUT2D eigenvalue weighted by Gasteiger charge is 2.35. The number of aromatic nitrogens is 1. The summed E-state index contributed by atoms with van der Waals surface area (Å²) in [7, 11) is 1.63. The molecule has 2 saturated heterocycles. The molecule has 1 aromatic carbocycles. The first-order chi connectivity index (χ1) is 11.6. The predicted octanol–water partition coefficient (Wildman–Crippen LogP) is 0.724. The summed E-state index contributed by atoms with van der Waals surface area (Å²) in [4.78, 5) is 26.6. The average Bonchev–Trinajstić information content (AvgIpc) is 3.29. The van der Waals surface area contributed by atoms with Crippen LogP contribution >= 0.6 is 0 Å². The zero-order valence-corrected chi connectivity index (χ0v) is 13.7. The van der Waals surface area contributed by atoms with Crippen molar-refractivity contribution in [2.45, 2.75) is 24.9 Å². The number of amides is 1. The lowest BCUT2D eigenvalue weighted by molar-refractivity contribution is 0.0916. The molecule has 0 saturated carbocycles. The number of nitrogens with one attached hydrogen (secondary N) is 1. The smallest absolute Gasteiger partial charge is 0.408 e. The van der Waals surface area contributed by atoms with Crippen molar-refractivity contribution in [3.8, 4) is 0 Å². The number of fused-ring (bicyclic) bond motifs is 1. The maximum atomic E-state index is 12.6. The van der Waals surface area contributed by atoms with Crippen molar-refractivity contribution < 1.29 is 13.9 Å². The largest absolute Gasteiger partial charge is 0.419 e. The van der Waals surface area contributed by atoms with E-state index in [9.17, 15) is 9.59 Å². The highest BCUT2D eigenvalue weighted by atomic mass is 16.5. The van der Waals surface area contributed by atoms with Gasteiger partial charge in [-0.15, -0.1) is 0 Å². The van der Waals surface area contributed by atoms with Crippen LogP contribution in [0.5, 0.6) is 0 Å². The number of carbonyl (C=O) groups excluding carboxylic acids is 1. The van der Waals surface area contributed by atoms with Crippen LogP contribution in [0.2, 0.25) is 0 Å². The molecule has 1 N–H and O–H groups in total. The summed E-state index contributed by atoms with van der Waals surface area (Å²) >= 11 is 0. The lowest BCUT2D eigenvalue weighted by Crippen LogP contribution is -2.50. The van der Waals surface area contributed by atoms with Crippen LogP contribution in [-0.4, -0.2) is 53.8 Å². The molecular weight excluding hydrogens is 310 g/mol. The zero-order chi connectivity index (χ0) is 16.7. The number of rotatable bonds is 3. The van der Waals surface area contributed by atoms with Gasteiger partial charge in [-0.2, -0.15) is 0 Å². The summed E-state index contributed by atoms with van der Waals surface area (Å²) in [6.45, 7) is 3.35. The van der Waals surface area contributed by atoms with Crippen LogP contribution in [0.3, 0.4) is 0 Å². The van der Waals surface area contributed by atoms with Gasteiger partial charge in [0.2, 0.25) is 0 Å². The van der Waals surface area contributed by atoms with Gasteiger partial charge in [-0.25, -0.2) is 4.79 Å². The lowest BCUT2D eigenvalue weighted by atomic mass is 10.1. The number of carbonyl (C=O) groups is 1. The molecule has 2 aromatic rings. The molecule has 7 heteroatoms. The van der Waals surface area contributed by atoms with Crippen LogP contribution in [0.4, 0.5) is 0 Å². The fourth-order valence-corrected chi connectivity index (χ4v) is 3.63. The molecule has 7 nitrogen and oxygen atoms in total. The SMILES string of the molecule is Cn1c(=O)oc2ccc(C(=O)N[C@@H]3COC[C@H]3N3CCCC3)cc21. The Morgan fingerprint density at radius 3 is 2.83 bits per heavy atom. The van der Waals surface area contributed by atoms with Gasteiger partial charge in [-0.05, 0) is 44.1 Å². The van der Waals surface area contributed by atoms with Gasteiger partial charge in [0.05, 0.1) is 30.8 Å². The monoisotopic (exact) mass is 331 g/mol. The molecule has 0 bridgehead atoms. The summed E-state index contributed by atoms with van der Waals surface area (Å²) in [5.74, 6) is -0.578. The molecule has 2 aliphatic heterocycles. The summed E-state index contributed by atoms with van der Waals surface area (Å²) in [5.41, 5.74) is 1.62. The van der Waals surface area contributed by atoms with Gasteiger partial charge in [0.25, 0.3) is 5.91 Å². The van der Waals surface area contributed by atoms with Crippen molar-refractivity contribution in [2.75, 3.05) is 26.3 Å². The fraction of sp³-hybridized carbons (Fsp3) is 0.529. The Kier molecular flexibility index (Phi) is 3.90. The number of benzene rings is 1. The lowest BCUT2D eigenvalue weighted by Gasteiger charge is -2.27. The van der Waals surface area contributed by atoms with Gasteiger partial charge < -0.3 is 14.5 Å². The summed E-state index contributed by atoms with van der Waals surface area (Å²) in [5, 5.41) is 3.09. The van der Waals surface area contributed by atoms with E-state index in [1.54, 1.807) is 25.2 Å². The van der Waals surface area contributed by atoms with Gasteiger partial charge in [0, 0.05) is 12.6 Å². The molecule has 1 amide bonds. The number of hydrogen-bond acceptors (Lipinski definition) is 5. The van der Waals surface area contributed by atoms with Crippen LogP contribution in [-0.2, 0) is 11.8 Å². The molecule has 1 aromatic heterocycles. The highest BCUT2D eigenvalue weighted by molar-refractivity contribution is 5.97. The Morgan fingerprint density at radius 1 is 1.25 bits per heavy atom. The maximum Gasteiger partial charge on any atom is 0.419 e. The minimum atomic E-state index is -0.430. The van der Waals surface area contributed by atoms with E-state index in [1.807, 2.05) is 0 Å². The third-order valence-electron chi connectivity index (χ3n) is 5.03. The molecular formula is C17H21N3O4. The molecule has 24 heavy (non-hydrogen) atoms. The van der Waals surface area contributed by atoms with Crippen molar-refractivity contribution >= 4 is 17.0 Å². The summed E-state index contributed by atoms with van der Waals surface area (Å²) in [6, 6.07) is 5.28. The standard InChI is InChI=1S/C17H21N3O4/c1-19-13-8-11(4-5-15(13)24-17(19)22)16(21)18-12-9-23-10-14(12)20-6-2-3-7-20/h4-5,8,12,14H,2-3,6-7,9-10H2,1H3,(H,18,21)/t12-,14-/m1/s1. The summed E-state index contributed by atoms with van der Waals surface area (Å²) < 4.78 is 12.1. The van der Waals surface area contributed by atoms with Crippen molar-refractivity contribution in [3.05, 3.63) is 34.3 Å². The second-order valence-corrected chi connectivity index (χ2v) is 6.54. The molecule has 0 unspecified atom stereocenters. The normalized spacial score (nSPS) is 24.7. The second-order valence-electron chi connectivity index (χ2n) is 6.54. The molecule has 2 atom stereocenters. The molecule has 0 spiro atoms. The third kappa shape index (κ3) is 2.63. The van der Waals surface area contributed by atoms with Gasteiger partial charge in [0.1, 0.15) is 0 Å². The summed E-state index contributed by atoms with van der Waals surface area (Å²) in [6.07, 6.45) is 2.42. The van der Waals surface area contributed by atoms with Crippen LogP contribution in [0.15, 0.2) is 27.4 Å². The fourth-order valence-electron chi connectivity index (χ4n) is 3.63. The van der Waals surface area contributed by atoms with Crippen molar-refractivity contribution in [3.63, 3.8) is 0 Å². The van der Waals surface area contributed by atoms with Crippen LogP contribution < -0.4 is 11.1 Å². The quantitative estimate of drug-likeness (QED) is 0.897. The first kappa shape index (κ1) is 15.4. The molecule has 0 radical (unpaired) electrons. The van der Waals surface area contributed by atoms with E-state index in [0.29, 0.717) is 29.9 Å². The van der Waals surface area contributed by atoms with Crippen molar-refractivity contribution in [2.24, 2.45) is 7.05 Å². The number of oxazole rings is 1. The van der Waals surface area contributed by atoms with E-state index in [1.165, 1.54) is 17.4 Å². The Balaban J connectivity index is 1.53. The number of likely N-dealkylation sites (tertiary alicyclic amines) is 1. The average molecular weight is 331 g/mol. The van der Waals surface area contributed by atoms with Crippen LogP contribution in [0.1, 0.15) is 23.2 Å². The second kappa shape index (κ2) is 6.07. The third-order valence-corrected chi connectivity index (χ3v) is 5.03. The zero-order valence-electron chi connectivity index (χ0n) is 13.7. The Hall–Kier alpha value is -2.12. The van der Waals surface area contributed by atoms with Crippen LogP contribution in [0, 0.1) is 0 Å². The number of aryl methyl sites for hydroxylation is 1. The first-order valence-corrected chi connectivity index (χ1v) is 8.36. The topological polar surface area (TPSA) is 76.7 Å². The number of nitrogens with zero attached hydrogens (tertiary/aromatic N) is 2. The van der Waals surface area contributed by atoms with Gasteiger partial charge in [-0.3, -0.25) is 14.3 Å². The van der Waals surface area contributed by atoms with E-state index >= 15 is 0 Å². The highest BCUT2D eigenvalue weighted by Crippen LogP contribution is 2.20. The van der Waals surface area contributed by atoms with Gasteiger partial charge in [-0.1, -0.05) is 0 Å². The van der Waals surface area contributed by atoms with E-state index in [2.05, 4.69) is 10.2 Å². The van der Waals surface area contributed by atoms with Crippen molar-refractivity contribution in [1.82, 2.24) is 14.8 Å². The van der Waals surface area contributed by atoms with E-state index in [0.717, 1.165) is 13.1 Å². The Morgan fingerprint density at radius 2 is 2.04 bits per heavy atom. The molecule has 0 aliphatic carbocycles. The van der Waals surface area contributed by atoms with Gasteiger partial charge >= 0.3 is 5.76 Å². The van der Waals surface area contributed by atoms with Crippen molar-refractivity contribution in [1.29, 1.82) is 0 Å². The predicted molar refractivity (Wildman–Crippen MR) is 88.1 cm³/mol. The van der Waals surface area contributed by atoms with Crippen LogP contribution in [0.25, 0.3) is 11.1 Å². The van der Waals surface area contributed by atoms with E-state index in [-0.39, 0.29) is 18.0 Å². The molecule has 2 aliphatic rings. The van der Waals surface area contributed by atoms with E-state index < -0.39 is 5.76 Å². The Bertz CT molecular complexity index is 819. The number of hydrogen-bond donors (Lipinski definition) is 1. The minimum absolute atomic E-state index is 0.000494. The Labute approximate surface area is 139 Å². The maximum absolute atomic E-state index is 12.6. The number of ether oxygens (including phenoxy) is 1. The molecule has 4 rings (SSSR count). The molecule has 128 valence electrons.